The number of esters is 1. The number of hydrogen-bond acceptors (Lipinski definition) is 5. The van der Waals surface area contributed by atoms with Crippen LogP contribution in [0.1, 0.15) is 33.9 Å². The molecule has 1 heterocycles. The van der Waals surface area contributed by atoms with Crippen LogP contribution in [0.15, 0.2) is 29.8 Å². The second-order valence-corrected chi connectivity index (χ2v) is 5.13. The van der Waals surface area contributed by atoms with Gasteiger partial charge in [0.05, 0.1) is 18.7 Å². The van der Waals surface area contributed by atoms with Crippen LogP contribution in [0, 0.1) is 6.92 Å². The van der Waals surface area contributed by atoms with E-state index in [2.05, 4.69) is 10.3 Å². The minimum Gasteiger partial charge on any atom is -0.465 e. The predicted octanol–water partition coefficient (Wildman–Crippen LogP) is 3.41. The van der Waals surface area contributed by atoms with E-state index in [1.54, 1.807) is 23.6 Å². The van der Waals surface area contributed by atoms with Crippen LogP contribution >= 0.6 is 11.3 Å². The van der Waals surface area contributed by atoms with Crippen molar-refractivity contribution in [1.29, 1.82) is 0 Å². The van der Waals surface area contributed by atoms with Gasteiger partial charge in [0.25, 0.3) is 0 Å². The summed E-state index contributed by atoms with van der Waals surface area (Å²) in [7, 11) is 1.39. The van der Waals surface area contributed by atoms with Gasteiger partial charge in [-0.05, 0) is 31.5 Å². The number of hydrogen-bond donors (Lipinski definition) is 1. The van der Waals surface area contributed by atoms with Gasteiger partial charge in [-0.3, -0.25) is 0 Å². The smallest absolute Gasteiger partial charge is 0.338 e. The van der Waals surface area contributed by atoms with Gasteiger partial charge in [-0.2, -0.15) is 0 Å². The van der Waals surface area contributed by atoms with Crippen LogP contribution < -0.4 is 5.32 Å². The molecule has 1 N–H and O–H groups in total. The molecule has 1 unspecified atom stereocenters. The number of rotatable bonds is 4. The molecule has 1 aromatic heterocycles. The Kier molecular flexibility index (Phi) is 4.16. The van der Waals surface area contributed by atoms with Crippen molar-refractivity contribution in [1.82, 2.24) is 4.98 Å². The van der Waals surface area contributed by atoms with Gasteiger partial charge in [-0.25, -0.2) is 9.78 Å². The predicted molar refractivity (Wildman–Crippen MR) is 76.7 cm³/mol. The molecule has 19 heavy (non-hydrogen) atoms. The van der Waals surface area contributed by atoms with Gasteiger partial charge in [0.15, 0.2) is 0 Å². The third-order valence-electron chi connectivity index (χ3n) is 2.93. The Bertz CT molecular complexity index is 567. The molecule has 2 aromatic rings. The summed E-state index contributed by atoms with van der Waals surface area (Å²) >= 11 is 1.61. The first kappa shape index (κ1) is 13.5. The Balaban J connectivity index is 2.24. The number of carbonyl (C=O) groups excluding carboxylic acids is 1. The molecule has 0 bridgehead atoms. The monoisotopic (exact) mass is 276 g/mol. The second kappa shape index (κ2) is 5.84. The second-order valence-electron chi connectivity index (χ2n) is 4.21. The highest BCUT2D eigenvalue weighted by atomic mass is 32.1. The Labute approximate surface area is 116 Å². The lowest BCUT2D eigenvalue weighted by Gasteiger charge is -2.16. The molecule has 0 aliphatic heterocycles. The summed E-state index contributed by atoms with van der Waals surface area (Å²) in [5.41, 5.74) is 2.39. The minimum absolute atomic E-state index is 0.103. The number of nitrogens with zero attached hydrogens (tertiary/aromatic N) is 1. The first-order valence-electron chi connectivity index (χ1n) is 5.97. The molecular weight excluding hydrogens is 260 g/mol. The molecule has 2 rings (SSSR count). The SMILES string of the molecule is COC(=O)c1cccc(NC(C)c2nccs2)c1C. The van der Waals surface area contributed by atoms with Crippen molar-refractivity contribution < 1.29 is 9.53 Å². The zero-order valence-electron chi connectivity index (χ0n) is 11.1. The number of thiazole rings is 1. The van der Waals surface area contributed by atoms with Gasteiger partial charge in [-0.15, -0.1) is 11.3 Å². The normalized spacial score (nSPS) is 11.9. The summed E-state index contributed by atoms with van der Waals surface area (Å²) in [4.78, 5) is 15.9. The van der Waals surface area contributed by atoms with Crippen LogP contribution in [0.25, 0.3) is 0 Å². The molecule has 100 valence electrons. The standard InChI is InChI=1S/C14H16N2O2S/c1-9-11(14(17)18-3)5-4-6-12(9)16-10(2)13-15-7-8-19-13/h4-8,10,16H,1-3H3. The molecule has 1 aromatic carbocycles. The van der Waals surface area contributed by atoms with Gasteiger partial charge in [0, 0.05) is 17.3 Å². The Morgan fingerprint density at radius 2 is 2.26 bits per heavy atom. The maximum atomic E-state index is 11.6. The highest BCUT2D eigenvalue weighted by Gasteiger charge is 2.14. The van der Waals surface area contributed by atoms with Gasteiger partial charge < -0.3 is 10.1 Å². The number of benzene rings is 1. The van der Waals surface area contributed by atoms with Crippen molar-refractivity contribution in [3.63, 3.8) is 0 Å². The Morgan fingerprint density at radius 1 is 1.47 bits per heavy atom. The lowest BCUT2D eigenvalue weighted by molar-refractivity contribution is 0.0600. The number of methoxy groups -OCH3 is 1. The molecule has 0 fully saturated rings. The Morgan fingerprint density at radius 3 is 2.89 bits per heavy atom. The number of anilines is 1. The van der Waals surface area contributed by atoms with E-state index in [1.165, 1.54) is 7.11 Å². The average molecular weight is 276 g/mol. The van der Waals surface area contributed by atoms with E-state index in [-0.39, 0.29) is 12.0 Å². The molecule has 5 heteroatoms. The van der Waals surface area contributed by atoms with Crippen molar-refractivity contribution in [2.24, 2.45) is 0 Å². The van der Waals surface area contributed by atoms with Crippen LogP contribution in [0.4, 0.5) is 5.69 Å². The summed E-state index contributed by atoms with van der Waals surface area (Å²) in [5, 5.41) is 6.34. The van der Waals surface area contributed by atoms with E-state index in [0.717, 1.165) is 16.3 Å². The van der Waals surface area contributed by atoms with Crippen LogP contribution in [-0.4, -0.2) is 18.1 Å². The first-order chi connectivity index (χ1) is 9.13. The zero-order valence-corrected chi connectivity index (χ0v) is 12.0. The fourth-order valence-electron chi connectivity index (χ4n) is 1.87. The van der Waals surface area contributed by atoms with E-state index in [1.807, 2.05) is 31.4 Å². The van der Waals surface area contributed by atoms with Crippen molar-refractivity contribution >= 4 is 23.0 Å². The van der Waals surface area contributed by atoms with Gasteiger partial charge in [-0.1, -0.05) is 6.07 Å². The van der Waals surface area contributed by atoms with E-state index in [4.69, 9.17) is 4.74 Å². The van der Waals surface area contributed by atoms with E-state index in [0.29, 0.717) is 5.56 Å². The number of ether oxygens (including phenoxy) is 1. The van der Waals surface area contributed by atoms with Gasteiger partial charge in [0.2, 0.25) is 0 Å². The lowest BCUT2D eigenvalue weighted by Crippen LogP contribution is -2.10. The molecule has 0 aliphatic rings. The summed E-state index contributed by atoms with van der Waals surface area (Å²) in [6.07, 6.45) is 1.79. The van der Waals surface area contributed by atoms with Crippen molar-refractivity contribution in [2.45, 2.75) is 19.9 Å². The van der Waals surface area contributed by atoms with Crippen LogP contribution in [0.2, 0.25) is 0 Å². The Hall–Kier alpha value is -1.88. The third-order valence-corrected chi connectivity index (χ3v) is 3.89. The highest BCUT2D eigenvalue weighted by molar-refractivity contribution is 7.09. The fourth-order valence-corrected chi connectivity index (χ4v) is 2.51. The molecule has 0 radical (unpaired) electrons. The third kappa shape index (κ3) is 2.93. The largest absolute Gasteiger partial charge is 0.465 e. The molecular formula is C14H16N2O2S. The van der Waals surface area contributed by atoms with Crippen LogP contribution in [0.5, 0.6) is 0 Å². The molecule has 0 saturated carbocycles. The van der Waals surface area contributed by atoms with Crippen molar-refractivity contribution in [3.8, 4) is 0 Å². The summed E-state index contributed by atoms with van der Waals surface area (Å²) in [5.74, 6) is -0.317. The number of aromatic nitrogens is 1. The van der Waals surface area contributed by atoms with Crippen molar-refractivity contribution in [3.05, 3.63) is 45.9 Å². The molecule has 0 saturated heterocycles. The lowest BCUT2D eigenvalue weighted by atomic mass is 10.1. The quantitative estimate of drug-likeness (QED) is 0.869. The molecule has 0 spiro atoms. The minimum atomic E-state index is -0.317. The summed E-state index contributed by atoms with van der Waals surface area (Å²) in [6.45, 7) is 3.95. The maximum Gasteiger partial charge on any atom is 0.338 e. The highest BCUT2D eigenvalue weighted by Crippen LogP contribution is 2.25. The topological polar surface area (TPSA) is 51.2 Å². The zero-order chi connectivity index (χ0) is 13.8. The number of carbonyl (C=O) groups is 1. The molecule has 1 atom stereocenters. The summed E-state index contributed by atoms with van der Waals surface area (Å²) in [6, 6.07) is 5.66. The summed E-state index contributed by atoms with van der Waals surface area (Å²) < 4.78 is 4.77. The molecule has 0 aliphatic carbocycles. The number of nitrogens with one attached hydrogen (secondary N) is 1. The van der Waals surface area contributed by atoms with Crippen LogP contribution in [0.3, 0.4) is 0 Å². The van der Waals surface area contributed by atoms with Gasteiger partial charge >= 0.3 is 5.97 Å². The van der Waals surface area contributed by atoms with E-state index < -0.39 is 0 Å². The first-order valence-corrected chi connectivity index (χ1v) is 6.85. The average Bonchev–Trinajstić information content (AvgIpc) is 2.94. The van der Waals surface area contributed by atoms with Crippen molar-refractivity contribution in [2.75, 3.05) is 12.4 Å². The van der Waals surface area contributed by atoms with E-state index in [9.17, 15) is 4.79 Å². The molecule has 0 amide bonds. The maximum absolute atomic E-state index is 11.6. The fraction of sp³-hybridized carbons (Fsp3) is 0.286. The molecule has 4 nitrogen and oxygen atoms in total. The van der Waals surface area contributed by atoms with Crippen LogP contribution in [-0.2, 0) is 4.74 Å². The van der Waals surface area contributed by atoms with E-state index >= 15 is 0 Å². The van der Waals surface area contributed by atoms with Gasteiger partial charge in [0.1, 0.15) is 5.01 Å².